The van der Waals surface area contributed by atoms with Gasteiger partial charge in [0.15, 0.2) is 17.3 Å². The van der Waals surface area contributed by atoms with Gasteiger partial charge in [-0.15, -0.1) is 0 Å². The number of methoxy groups -OCH3 is 3. The van der Waals surface area contributed by atoms with Crippen LogP contribution in [0, 0.1) is 0 Å². The second-order valence-electron chi connectivity index (χ2n) is 5.56. The molecule has 0 heterocycles. The van der Waals surface area contributed by atoms with Crippen LogP contribution in [0.5, 0.6) is 17.2 Å². The van der Waals surface area contributed by atoms with E-state index in [-0.39, 0.29) is 12.2 Å². The zero-order valence-electron chi connectivity index (χ0n) is 14.7. The van der Waals surface area contributed by atoms with Crippen LogP contribution < -0.4 is 19.6 Å². The number of amides is 1. The van der Waals surface area contributed by atoms with E-state index >= 15 is 0 Å². The smallest absolute Gasteiger partial charge is 0.271 e. The van der Waals surface area contributed by atoms with Gasteiger partial charge in [0, 0.05) is 16.7 Å². The van der Waals surface area contributed by atoms with Gasteiger partial charge in [-0.25, -0.2) is 5.43 Å². The van der Waals surface area contributed by atoms with E-state index in [1.807, 2.05) is 12.1 Å². The molecule has 7 nitrogen and oxygen atoms in total. The largest absolute Gasteiger partial charge is 0.493 e. The van der Waals surface area contributed by atoms with Crippen molar-refractivity contribution in [3.05, 3.63) is 53.1 Å². The number of nitrogens with zero attached hydrogens (tertiary/aromatic N) is 1. The first-order valence-electron chi connectivity index (χ1n) is 7.88. The molecule has 0 unspecified atom stereocenters. The summed E-state index contributed by atoms with van der Waals surface area (Å²) in [5.74, 6) is 0.667. The number of nitrogens with one attached hydrogen (secondary N) is 1. The van der Waals surface area contributed by atoms with Crippen LogP contribution in [-0.4, -0.2) is 38.7 Å². The molecule has 0 fully saturated rings. The molecule has 0 saturated heterocycles. The minimum Gasteiger partial charge on any atom is -0.493 e. The van der Waals surface area contributed by atoms with Crippen molar-refractivity contribution in [2.24, 2.45) is 5.10 Å². The monoisotopic (exact) mass is 354 g/mol. The fraction of sp³-hybridized carbons (Fsp3) is 0.211. The molecule has 0 atom stereocenters. The maximum atomic E-state index is 12.5. The second kappa shape index (κ2) is 7.26. The molecule has 1 amide bonds. The molecule has 134 valence electrons. The van der Waals surface area contributed by atoms with Crippen molar-refractivity contribution >= 4 is 17.4 Å². The molecule has 0 radical (unpaired) electrons. The molecule has 7 heteroatoms. The lowest BCUT2D eigenvalue weighted by atomic mass is 10.1. The Labute approximate surface area is 150 Å². The Morgan fingerprint density at radius 1 is 1.00 bits per heavy atom. The van der Waals surface area contributed by atoms with Crippen LogP contribution in [0.1, 0.15) is 32.7 Å². The summed E-state index contributed by atoms with van der Waals surface area (Å²) in [6.07, 6.45) is 0.162. The lowest BCUT2D eigenvalue weighted by molar-refractivity contribution is 0.0951. The summed E-state index contributed by atoms with van der Waals surface area (Å²) in [6.45, 7) is 0. The third-order valence-corrected chi connectivity index (χ3v) is 4.09. The summed E-state index contributed by atoms with van der Waals surface area (Å²) in [5, 5.41) is 4.13. The molecule has 0 aromatic heterocycles. The summed E-state index contributed by atoms with van der Waals surface area (Å²) in [6, 6.07) is 10.3. The Morgan fingerprint density at radius 2 is 1.62 bits per heavy atom. The van der Waals surface area contributed by atoms with Crippen molar-refractivity contribution in [2.75, 3.05) is 21.3 Å². The van der Waals surface area contributed by atoms with Crippen LogP contribution in [0.2, 0.25) is 0 Å². The number of hydrogen-bond donors (Lipinski definition) is 1. The topological polar surface area (TPSA) is 86.2 Å². The first-order valence-corrected chi connectivity index (χ1v) is 7.88. The number of carbonyl (C=O) groups is 2. The highest BCUT2D eigenvalue weighted by Crippen LogP contribution is 2.38. The second-order valence-corrected chi connectivity index (χ2v) is 5.56. The normalized spacial score (nSPS) is 14.1. The third-order valence-electron chi connectivity index (χ3n) is 4.09. The fourth-order valence-corrected chi connectivity index (χ4v) is 2.82. The van der Waals surface area contributed by atoms with Crippen LogP contribution in [0.25, 0.3) is 0 Å². The van der Waals surface area contributed by atoms with Crippen molar-refractivity contribution in [1.82, 2.24) is 5.43 Å². The highest BCUT2D eigenvalue weighted by atomic mass is 16.5. The molecule has 0 spiro atoms. The highest BCUT2D eigenvalue weighted by Gasteiger charge is 2.25. The van der Waals surface area contributed by atoms with Gasteiger partial charge in [0.1, 0.15) is 0 Å². The highest BCUT2D eigenvalue weighted by molar-refractivity contribution is 6.26. The summed E-state index contributed by atoms with van der Waals surface area (Å²) in [4.78, 5) is 24.5. The van der Waals surface area contributed by atoms with Crippen LogP contribution in [0.4, 0.5) is 0 Å². The number of benzene rings is 2. The lowest BCUT2D eigenvalue weighted by Crippen LogP contribution is -2.20. The molecular formula is C19H18N2O5. The molecule has 1 N–H and O–H groups in total. The standard InChI is InChI=1S/C19H18N2O5/c1-24-16-8-11(9-17(25-2)18(16)26-3)19(23)21-20-14-10-15(22)13-7-5-4-6-12(13)14/h4-9H,10H2,1-3H3,(H,21,23)/b20-14-. The van der Waals surface area contributed by atoms with E-state index in [1.54, 1.807) is 12.1 Å². The molecular weight excluding hydrogens is 336 g/mol. The summed E-state index contributed by atoms with van der Waals surface area (Å²) >= 11 is 0. The average molecular weight is 354 g/mol. The summed E-state index contributed by atoms with van der Waals surface area (Å²) in [5.41, 5.74) is 4.67. The zero-order chi connectivity index (χ0) is 18.7. The Morgan fingerprint density at radius 3 is 2.19 bits per heavy atom. The van der Waals surface area contributed by atoms with Gasteiger partial charge in [-0.3, -0.25) is 9.59 Å². The van der Waals surface area contributed by atoms with Crippen molar-refractivity contribution in [3.63, 3.8) is 0 Å². The maximum absolute atomic E-state index is 12.5. The number of fused-ring (bicyclic) bond motifs is 1. The van der Waals surface area contributed by atoms with E-state index < -0.39 is 5.91 Å². The third kappa shape index (κ3) is 3.11. The van der Waals surface area contributed by atoms with Crippen LogP contribution in [0.3, 0.4) is 0 Å². The van der Waals surface area contributed by atoms with Gasteiger partial charge < -0.3 is 14.2 Å². The van der Waals surface area contributed by atoms with Crippen LogP contribution in [0.15, 0.2) is 41.5 Å². The summed E-state index contributed by atoms with van der Waals surface area (Å²) < 4.78 is 15.7. The molecule has 26 heavy (non-hydrogen) atoms. The summed E-state index contributed by atoms with van der Waals surface area (Å²) in [7, 11) is 4.43. The molecule has 0 bridgehead atoms. The number of carbonyl (C=O) groups excluding carboxylic acids is 2. The number of hydrogen-bond acceptors (Lipinski definition) is 6. The van der Waals surface area contributed by atoms with E-state index in [0.29, 0.717) is 34.1 Å². The molecule has 3 rings (SSSR count). The van der Waals surface area contributed by atoms with Gasteiger partial charge in [0.2, 0.25) is 5.75 Å². The van der Waals surface area contributed by atoms with Gasteiger partial charge in [-0.05, 0) is 12.1 Å². The van der Waals surface area contributed by atoms with E-state index in [2.05, 4.69) is 10.5 Å². The molecule has 0 aliphatic heterocycles. The van der Waals surface area contributed by atoms with E-state index in [0.717, 1.165) is 5.56 Å². The minimum absolute atomic E-state index is 0.0126. The van der Waals surface area contributed by atoms with Crippen molar-refractivity contribution < 1.29 is 23.8 Å². The quantitative estimate of drug-likeness (QED) is 0.834. The molecule has 1 aliphatic rings. The van der Waals surface area contributed by atoms with Crippen LogP contribution in [-0.2, 0) is 0 Å². The van der Waals surface area contributed by atoms with Gasteiger partial charge >= 0.3 is 0 Å². The molecule has 2 aromatic carbocycles. The number of Topliss-reactive ketones (excluding diaryl/α,β-unsaturated/α-hetero) is 1. The Hall–Kier alpha value is -3.35. The fourth-order valence-electron chi connectivity index (χ4n) is 2.82. The van der Waals surface area contributed by atoms with Crippen molar-refractivity contribution in [1.29, 1.82) is 0 Å². The Bertz CT molecular complexity index is 880. The van der Waals surface area contributed by atoms with E-state index in [4.69, 9.17) is 14.2 Å². The first kappa shape index (κ1) is 17.5. The zero-order valence-corrected chi connectivity index (χ0v) is 14.7. The van der Waals surface area contributed by atoms with Crippen molar-refractivity contribution in [3.8, 4) is 17.2 Å². The van der Waals surface area contributed by atoms with E-state index in [9.17, 15) is 9.59 Å². The van der Waals surface area contributed by atoms with Crippen molar-refractivity contribution in [2.45, 2.75) is 6.42 Å². The first-order chi connectivity index (χ1) is 12.6. The Balaban J connectivity index is 1.87. The molecule has 1 aliphatic carbocycles. The average Bonchev–Trinajstić information content (AvgIpc) is 3.00. The SMILES string of the molecule is COc1cc(C(=O)N/N=C2/CC(=O)c3ccccc32)cc(OC)c1OC. The lowest BCUT2D eigenvalue weighted by Gasteiger charge is -2.13. The van der Waals surface area contributed by atoms with Gasteiger partial charge in [-0.1, -0.05) is 24.3 Å². The number of ether oxygens (including phenoxy) is 3. The molecule has 2 aromatic rings. The van der Waals surface area contributed by atoms with Gasteiger partial charge in [-0.2, -0.15) is 5.10 Å². The Kier molecular flexibility index (Phi) is 4.88. The number of ketones is 1. The van der Waals surface area contributed by atoms with Gasteiger partial charge in [0.05, 0.1) is 33.5 Å². The predicted octanol–water partition coefficient (Wildman–Crippen LogP) is 2.43. The molecule has 0 saturated carbocycles. The van der Waals surface area contributed by atoms with Crippen LogP contribution >= 0.6 is 0 Å². The number of hydrazone groups is 1. The van der Waals surface area contributed by atoms with E-state index in [1.165, 1.54) is 33.5 Å². The minimum atomic E-state index is -0.450. The maximum Gasteiger partial charge on any atom is 0.271 e. The predicted molar refractivity (Wildman–Crippen MR) is 95.5 cm³/mol. The number of rotatable bonds is 5. The van der Waals surface area contributed by atoms with Gasteiger partial charge in [0.25, 0.3) is 5.91 Å².